The number of carboxylic acid groups (broad SMARTS) is 2. The summed E-state index contributed by atoms with van der Waals surface area (Å²) in [4.78, 5) is 22.7. The molecule has 0 bridgehead atoms. The van der Waals surface area contributed by atoms with Crippen LogP contribution < -0.4 is 11.5 Å². The van der Waals surface area contributed by atoms with Gasteiger partial charge in [-0.2, -0.15) is 0 Å². The first-order chi connectivity index (χ1) is 6.45. The number of nitrogen functional groups attached to an aromatic ring is 1. The third kappa shape index (κ3) is 4.54. The number of nitrogens with zero attached hydrogens (tertiary/aromatic N) is 1. The molecule has 6 N–H and O–H groups in total. The van der Waals surface area contributed by atoms with Gasteiger partial charge in [0.2, 0.25) is 0 Å². The van der Waals surface area contributed by atoms with E-state index in [-0.39, 0.29) is 11.4 Å². The molecule has 0 saturated heterocycles. The number of pyridine rings is 1. The Bertz CT molecular complexity index is 335. The van der Waals surface area contributed by atoms with Crippen molar-refractivity contribution in [3.05, 3.63) is 23.9 Å². The monoisotopic (exact) mass is 199 g/mol. The molecule has 76 valence electrons. The Balaban J connectivity index is 0.000000364. The minimum absolute atomic E-state index is 0.0440. The smallest absolute Gasteiger partial charge is 0.402 e. The van der Waals surface area contributed by atoms with E-state index >= 15 is 0 Å². The quantitative estimate of drug-likeness (QED) is 0.501. The average molecular weight is 199 g/mol. The van der Waals surface area contributed by atoms with E-state index in [1.54, 1.807) is 0 Å². The van der Waals surface area contributed by atoms with Crippen LogP contribution in [-0.4, -0.2) is 27.3 Å². The predicted molar refractivity (Wildman–Crippen MR) is 47.8 cm³/mol. The molecule has 1 aromatic heterocycles. The number of aromatic nitrogens is 1. The number of nitrogens with two attached hydrogens (primary N) is 2. The largest absolute Gasteiger partial charge is 0.478 e. The third-order valence-corrected chi connectivity index (χ3v) is 1.07. The summed E-state index contributed by atoms with van der Waals surface area (Å²) in [6, 6.07) is 2.94. The van der Waals surface area contributed by atoms with Gasteiger partial charge < -0.3 is 21.7 Å². The van der Waals surface area contributed by atoms with Crippen LogP contribution in [0.2, 0.25) is 0 Å². The molecule has 7 heteroatoms. The van der Waals surface area contributed by atoms with Crippen LogP contribution in [0.25, 0.3) is 0 Å². The second-order valence-corrected chi connectivity index (χ2v) is 2.08. The fourth-order valence-corrected chi connectivity index (χ4v) is 0.598. The van der Waals surface area contributed by atoms with Crippen LogP contribution in [0.1, 0.15) is 10.4 Å². The molecular formula is C7H9N3O4. The molecule has 14 heavy (non-hydrogen) atoms. The van der Waals surface area contributed by atoms with Gasteiger partial charge >= 0.3 is 12.1 Å². The van der Waals surface area contributed by atoms with E-state index in [0.717, 1.165) is 0 Å². The Morgan fingerprint density at radius 3 is 2.14 bits per heavy atom. The van der Waals surface area contributed by atoms with Crippen molar-refractivity contribution >= 4 is 17.9 Å². The summed E-state index contributed by atoms with van der Waals surface area (Å²) in [5.41, 5.74) is 9.30. The lowest BCUT2D eigenvalue weighted by Gasteiger charge is -1.95. The van der Waals surface area contributed by atoms with E-state index in [9.17, 15) is 4.79 Å². The maximum Gasteiger partial charge on any atom is 0.402 e. The van der Waals surface area contributed by atoms with Crippen LogP contribution in [0.3, 0.4) is 0 Å². The van der Waals surface area contributed by atoms with Gasteiger partial charge in [0.25, 0.3) is 0 Å². The first-order valence-corrected chi connectivity index (χ1v) is 3.37. The van der Waals surface area contributed by atoms with Crippen LogP contribution in [0, 0.1) is 0 Å². The third-order valence-electron chi connectivity index (χ3n) is 1.07. The molecule has 0 unspecified atom stereocenters. The molecule has 0 aromatic carbocycles. The number of amides is 1. The highest BCUT2D eigenvalue weighted by atomic mass is 16.4. The topological polar surface area (TPSA) is 140 Å². The first-order valence-electron chi connectivity index (χ1n) is 3.37. The highest BCUT2D eigenvalue weighted by molar-refractivity contribution is 5.92. The SMILES string of the molecule is NC(=O)O.Nc1ncccc1C(=O)O. The second-order valence-electron chi connectivity index (χ2n) is 2.08. The van der Waals surface area contributed by atoms with E-state index in [2.05, 4.69) is 10.7 Å². The first kappa shape index (κ1) is 11.7. The molecule has 0 saturated carbocycles. The summed E-state index contributed by atoms with van der Waals surface area (Å²) in [5.74, 6) is -0.999. The fraction of sp³-hybridized carbons (Fsp3) is 0. The molecule has 0 fully saturated rings. The molecule has 0 aliphatic rings. The summed E-state index contributed by atoms with van der Waals surface area (Å²) in [7, 11) is 0. The Kier molecular flexibility index (Phi) is 4.47. The molecule has 0 spiro atoms. The number of primary amides is 1. The average Bonchev–Trinajstić information content (AvgIpc) is 2.03. The summed E-state index contributed by atoms with van der Waals surface area (Å²) >= 11 is 0. The minimum Gasteiger partial charge on any atom is -0.478 e. The Morgan fingerprint density at radius 2 is 1.86 bits per heavy atom. The lowest BCUT2D eigenvalue weighted by Crippen LogP contribution is -2.03. The molecule has 0 aliphatic heterocycles. The number of carboxylic acids is 1. The van der Waals surface area contributed by atoms with Crippen LogP contribution in [0.4, 0.5) is 10.6 Å². The molecule has 1 heterocycles. The normalized spacial score (nSPS) is 8.29. The highest BCUT2D eigenvalue weighted by Crippen LogP contribution is 2.05. The van der Waals surface area contributed by atoms with Crippen molar-refractivity contribution < 1.29 is 19.8 Å². The molecule has 0 radical (unpaired) electrons. The molecule has 1 rings (SSSR count). The maximum atomic E-state index is 10.3. The molecule has 1 amide bonds. The summed E-state index contributed by atoms with van der Waals surface area (Å²) in [6.45, 7) is 0. The van der Waals surface area contributed by atoms with Gasteiger partial charge in [-0.25, -0.2) is 14.6 Å². The Hall–Kier alpha value is -2.31. The van der Waals surface area contributed by atoms with Crippen molar-refractivity contribution in [1.82, 2.24) is 4.98 Å². The van der Waals surface area contributed by atoms with Crippen molar-refractivity contribution in [3.63, 3.8) is 0 Å². The zero-order chi connectivity index (χ0) is 11.1. The van der Waals surface area contributed by atoms with Gasteiger partial charge in [0.05, 0.1) is 0 Å². The van der Waals surface area contributed by atoms with E-state index in [0.29, 0.717) is 0 Å². The van der Waals surface area contributed by atoms with E-state index in [1.807, 2.05) is 0 Å². The van der Waals surface area contributed by atoms with Crippen LogP contribution in [0.5, 0.6) is 0 Å². The number of hydrogen-bond donors (Lipinski definition) is 4. The molecule has 1 aromatic rings. The van der Waals surface area contributed by atoms with E-state index < -0.39 is 12.1 Å². The maximum absolute atomic E-state index is 10.3. The number of anilines is 1. The van der Waals surface area contributed by atoms with Crippen LogP contribution in [-0.2, 0) is 0 Å². The predicted octanol–water partition coefficient (Wildman–Crippen LogP) is -0.0149. The summed E-state index contributed by atoms with van der Waals surface area (Å²) in [5, 5.41) is 15.6. The number of rotatable bonds is 1. The molecular weight excluding hydrogens is 190 g/mol. The highest BCUT2D eigenvalue weighted by Gasteiger charge is 2.05. The number of carbonyl (C=O) groups is 2. The second kappa shape index (κ2) is 5.36. The Morgan fingerprint density at radius 1 is 1.36 bits per heavy atom. The van der Waals surface area contributed by atoms with E-state index in [1.165, 1.54) is 18.3 Å². The zero-order valence-corrected chi connectivity index (χ0v) is 7.04. The van der Waals surface area contributed by atoms with Crippen molar-refractivity contribution in [2.24, 2.45) is 5.73 Å². The van der Waals surface area contributed by atoms with Crippen LogP contribution >= 0.6 is 0 Å². The Labute approximate surface area is 79.0 Å². The van der Waals surface area contributed by atoms with Crippen LogP contribution in [0.15, 0.2) is 18.3 Å². The zero-order valence-electron chi connectivity index (χ0n) is 7.04. The van der Waals surface area contributed by atoms with Crippen molar-refractivity contribution in [1.29, 1.82) is 0 Å². The molecule has 0 atom stereocenters. The van der Waals surface area contributed by atoms with Gasteiger partial charge in [0.1, 0.15) is 11.4 Å². The summed E-state index contributed by atoms with van der Waals surface area (Å²) < 4.78 is 0. The van der Waals surface area contributed by atoms with Gasteiger partial charge in [0, 0.05) is 6.20 Å². The molecule has 0 aliphatic carbocycles. The van der Waals surface area contributed by atoms with Crippen molar-refractivity contribution in [2.45, 2.75) is 0 Å². The lowest BCUT2D eigenvalue weighted by atomic mass is 10.3. The standard InChI is InChI=1S/C6H6N2O2.CH3NO2/c7-5-4(6(9)10)2-1-3-8-5;2-1(3)4/h1-3H,(H2,7,8)(H,9,10);2H2,(H,3,4). The van der Waals surface area contributed by atoms with Gasteiger partial charge in [-0.3, -0.25) is 0 Å². The van der Waals surface area contributed by atoms with E-state index in [4.69, 9.17) is 20.7 Å². The van der Waals surface area contributed by atoms with Gasteiger partial charge in [-0.15, -0.1) is 0 Å². The van der Waals surface area contributed by atoms with Crippen molar-refractivity contribution in [3.8, 4) is 0 Å². The van der Waals surface area contributed by atoms with Gasteiger partial charge in [-0.1, -0.05) is 0 Å². The number of aromatic carboxylic acids is 1. The van der Waals surface area contributed by atoms with Gasteiger partial charge in [-0.05, 0) is 12.1 Å². The summed E-state index contributed by atoms with van der Waals surface area (Å²) in [6.07, 6.45) is 0.113. The lowest BCUT2D eigenvalue weighted by molar-refractivity contribution is 0.0697. The molecule has 7 nitrogen and oxygen atoms in total. The number of hydrogen-bond acceptors (Lipinski definition) is 4. The van der Waals surface area contributed by atoms with Crippen molar-refractivity contribution in [2.75, 3.05) is 5.73 Å². The van der Waals surface area contributed by atoms with Gasteiger partial charge in [0.15, 0.2) is 0 Å². The fourth-order valence-electron chi connectivity index (χ4n) is 0.598. The minimum atomic E-state index is -1.33.